The highest BCUT2D eigenvalue weighted by Gasteiger charge is 2.49. The summed E-state index contributed by atoms with van der Waals surface area (Å²) in [6, 6.07) is 0. The third-order valence-corrected chi connectivity index (χ3v) is 6.03. The maximum atomic E-state index is 12.5. The number of carbonyl (C=O) groups excluding carboxylic acids is 2. The number of amides is 1. The average molecular weight is 385 g/mol. The van der Waals surface area contributed by atoms with Crippen LogP contribution in [-0.4, -0.2) is 31.4 Å². The molecule has 0 aromatic rings. The molecular weight excluding hydrogens is 363 g/mol. The van der Waals surface area contributed by atoms with Crippen LogP contribution in [0.2, 0.25) is 0 Å². The predicted octanol–water partition coefficient (Wildman–Crippen LogP) is 2.63. The number of rotatable bonds is 4. The second-order valence-corrected chi connectivity index (χ2v) is 8.66. The minimum Gasteiger partial charge on any atom is -0.459 e. The third kappa shape index (κ3) is 4.65. The van der Waals surface area contributed by atoms with Crippen LogP contribution in [-0.2, 0) is 24.3 Å². The molecule has 0 radical (unpaired) electrons. The van der Waals surface area contributed by atoms with Gasteiger partial charge in [-0.3, -0.25) is 9.59 Å². The van der Waals surface area contributed by atoms with Gasteiger partial charge < -0.3 is 4.74 Å². The molecule has 6 nitrogen and oxygen atoms in total. The maximum Gasteiger partial charge on any atom is 0.516 e. The van der Waals surface area contributed by atoms with Gasteiger partial charge in [0.25, 0.3) is 0 Å². The fourth-order valence-corrected chi connectivity index (χ4v) is 4.07. The third-order valence-electron chi connectivity index (χ3n) is 4.95. The number of hydrogen-bond acceptors (Lipinski definition) is 5. The van der Waals surface area contributed by atoms with Crippen molar-refractivity contribution in [1.29, 1.82) is 0 Å². The van der Waals surface area contributed by atoms with E-state index in [1.54, 1.807) is 6.92 Å². The molecule has 25 heavy (non-hydrogen) atoms. The van der Waals surface area contributed by atoms with Crippen LogP contribution in [0.25, 0.3) is 0 Å². The molecule has 0 heterocycles. The molecule has 2 fully saturated rings. The second kappa shape index (κ2) is 7.13. The van der Waals surface area contributed by atoms with Crippen molar-refractivity contribution in [1.82, 2.24) is 4.72 Å². The first-order valence-corrected chi connectivity index (χ1v) is 9.79. The molecule has 0 aliphatic heterocycles. The highest BCUT2D eigenvalue weighted by Crippen LogP contribution is 2.37. The van der Waals surface area contributed by atoms with Crippen LogP contribution in [0.4, 0.5) is 13.2 Å². The van der Waals surface area contributed by atoms with Crippen molar-refractivity contribution in [2.45, 2.75) is 69.4 Å². The molecule has 0 aromatic heterocycles. The standard InChI is InChI=1S/C15H22F3NO5S/c1-14(8-4-5-9-14)24-13(21)11-7-3-2-6-10(11)12(20)19-25(22,23)15(16,17)18/h10-11H,2-9H2,1H3,(H,19,20). The van der Waals surface area contributed by atoms with Crippen LogP contribution >= 0.6 is 0 Å². The number of sulfonamides is 1. The van der Waals surface area contributed by atoms with E-state index >= 15 is 0 Å². The number of ether oxygens (including phenoxy) is 1. The van der Waals surface area contributed by atoms with Gasteiger partial charge in [0, 0.05) is 0 Å². The van der Waals surface area contributed by atoms with E-state index in [0.29, 0.717) is 32.1 Å². The Bertz CT molecular complexity index is 626. The first-order valence-electron chi connectivity index (χ1n) is 8.31. The smallest absolute Gasteiger partial charge is 0.459 e. The first kappa shape index (κ1) is 20.0. The lowest BCUT2D eigenvalue weighted by molar-refractivity contribution is -0.167. The first-order chi connectivity index (χ1) is 11.5. The molecule has 10 heteroatoms. The van der Waals surface area contributed by atoms with Gasteiger partial charge in [0.15, 0.2) is 0 Å². The van der Waals surface area contributed by atoms with Gasteiger partial charge in [-0.25, -0.2) is 4.72 Å². The SMILES string of the molecule is CC1(OC(=O)C2CCCCC2C(=O)NS(=O)(=O)C(F)(F)F)CCCC1. The van der Waals surface area contributed by atoms with E-state index in [2.05, 4.69) is 0 Å². The zero-order valence-electron chi connectivity index (χ0n) is 13.9. The largest absolute Gasteiger partial charge is 0.516 e. The summed E-state index contributed by atoms with van der Waals surface area (Å²) in [7, 11) is -5.78. The Hall–Kier alpha value is -1.32. The van der Waals surface area contributed by atoms with E-state index in [4.69, 9.17) is 4.74 Å². The molecule has 2 saturated carbocycles. The molecule has 0 spiro atoms. The number of alkyl halides is 3. The van der Waals surface area contributed by atoms with Crippen LogP contribution in [0.3, 0.4) is 0 Å². The van der Waals surface area contributed by atoms with Crippen molar-refractivity contribution in [2.24, 2.45) is 11.8 Å². The van der Waals surface area contributed by atoms with E-state index < -0.39 is 44.8 Å². The maximum absolute atomic E-state index is 12.5. The van der Waals surface area contributed by atoms with Crippen molar-refractivity contribution < 1.29 is 35.9 Å². The monoisotopic (exact) mass is 385 g/mol. The summed E-state index contributed by atoms with van der Waals surface area (Å²) < 4.78 is 66.2. The minimum atomic E-state index is -5.78. The summed E-state index contributed by atoms with van der Waals surface area (Å²) in [6.07, 6.45) is 4.84. The minimum absolute atomic E-state index is 0.149. The van der Waals surface area contributed by atoms with E-state index in [-0.39, 0.29) is 6.42 Å². The fourth-order valence-electron chi connectivity index (χ4n) is 3.54. The Kier molecular flexibility index (Phi) is 5.70. The number of esters is 1. The molecule has 2 unspecified atom stereocenters. The van der Waals surface area contributed by atoms with Gasteiger partial charge in [-0.15, -0.1) is 0 Å². The van der Waals surface area contributed by atoms with Gasteiger partial charge in [-0.2, -0.15) is 21.6 Å². The van der Waals surface area contributed by atoms with Crippen LogP contribution in [0.15, 0.2) is 0 Å². The summed E-state index contributed by atoms with van der Waals surface area (Å²) in [5, 5.41) is 0. The Morgan fingerprint density at radius 3 is 2.08 bits per heavy atom. The van der Waals surface area contributed by atoms with E-state index in [0.717, 1.165) is 17.6 Å². The van der Waals surface area contributed by atoms with E-state index in [9.17, 15) is 31.2 Å². The van der Waals surface area contributed by atoms with Crippen molar-refractivity contribution >= 4 is 21.9 Å². The lowest BCUT2D eigenvalue weighted by Crippen LogP contribution is -2.47. The Balaban J connectivity index is 2.09. The Labute approximate surface area is 144 Å². The van der Waals surface area contributed by atoms with Crippen LogP contribution in [0, 0.1) is 11.8 Å². The fraction of sp³-hybridized carbons (Fsp3) is 0.867. The van der Waals surface area contributed by atoms with Crippen molar-refractivity contribution in [2.75, 3.05) is 0 Å². The quantitative estimate of drug-likeness (QED) is 0.752. The molecule has 0 saturated heterocycles. The van der Waals surface area contributed by atoms with Crippen LogP contribution in [0.5, 0.6) is 0 Å². The molecule has 1 amide bonds. The summed E-state index contributed by atoms with van der Waals surface area (Å²) in [5.74, 6) is -3.98. The molecule has 2 aliphatic rings. The van der Waals surface area contributed by atoms with Crippen LogP contribution < -0.4 is 4.72 Å². The molecule has 1 N–H and O–H groups in total. The lowest BCUT2D eigenvalue weighted by atomic mass is 9.78. The Morgan fingerprint density at radius 1 is 1.04 bits per heavy atom. The lowest BCUT2D eigenvalue weighted by Gasteiger charge is -2.32. The van der Waals surface area contributed by atoms with Crippen LogP contribution in [0.1, 0.15) is 58.3 Å². The summed E-state index contributed by atoms with van der Waals surface area (Å²) in [6.45, 7) is 1.80. The molecule has 2 atom stereocenters. The number of hydrogen-bond donors (Lipinski definition) is 1. The van der Waals surface area contributed by atoms with E-state index in [1.807, 2.05) is 0 Å². The van der Waals surface area contributed by atoms with Gasteiger partial charge in [0.1, 0.15) is 5.60 Å². The Morgan fingerprint density at radius 2 is 1.56 bits per heavy atom. The summed E-state index contributed by atoms with van der Waals surface area (Å²) in [4.78, 5) is 24.6. The summed E-state index contributed by atoms with van der Waals surface area (Å²) >= 11 is 0. The van der Waals surface area contributed by atoms with Crippen molar-refractivity contribution in [3.8, 4) is 0 Å². The van der Waals surface area contributed by atoms with E-state index in [1.165, 1.54) is 0 Å². The average Bonchev–Trinajstić information content (AvgIpc) is 2.91. The number of halogens is 3. The number of nitrogens with one attached hydrogen (secondary N) is 1. The van der Waals surface area contributed by atoms with Gasteiger partial charge in [0.2, 0.25) is 5.91 Å². The summed E-state index contributed by atoms with van der Waals surface area (Å²) in [5.41, 5.74) is -6.20. The molecule has 144 valence electrons. The predicted molar refractivity (Wildman–Crippen MR) is 81.5 cm³/mol. The molecule has 0 aromatic carbocycles. The highest BCUT2D eigenvalue weighted by atomic mass is 32.2. The second-order valence-electron chi connectivity index (χ2n) is 6.99. The zero-order valence-corrected chi connectivity index (χ0v) is 14.7. The topological polar surface area (TPSA) is 89.5 Å². The van der Waals surface area contributed by atoms with Gasteiger partial charge in [0.05, 0.1) is 11.8 Å². The normalized spacial score (nSPS) is 26.9. The number of carbonyl (C=O) groups is 2. The van der Waals surface area contributed by atoms with Crippen molar-refractivity contribution in [3.05, 3.63) is 0 Å². The van der Waals surface area contributed by atoms with Gasteiger partial charge >= 0.3 is 21.5 Å². The highest BCUT2D eigenvalue weighted by molar-refractivity contribution is 7.90. The molecule has 2 rings (SSSR count). The zero-order chi connectivity index (χ0) is 18.9. The molecular formula is C15H22F3NO5S. The molecule has 0 bridgehead atoms. The van der Waals surface area contributed by atoms with Gasteiger partial charge in [-0.05, 0) is 45.4 Å². The molecule has 2 aliphatic carbocycles. The van der Waals surface area contributed by atoms with Gasteiger partial charge in [-0.1, -0.05) is 12.8 Å². The van der Waals surface area contributed by atoms with Crippen molar-refractivity contribution in [3.63, 3.8) is 0 Å².